The number of nitrogens with zero attached hydrogens (tertiary/aromatic N) is 1. The van der Waals surface area contributed by atoms with Gasteiger partial charge < -0.3 is 10.1 Å². The zero-order valence-corrected chi connectivity index (χ0v) is 11.2. The molecule has 0 aliphatic rings. The largest absolute Gasteiger partial charge is 0.493 e. The highest BCUT2D eigenvalue weighted by atomic mass is 79.9. The lowest BCUT2D eigenvalue weighted by molar-refractivity contribution is 0.447. The summed E-state index contributed by atoms with van der Waals surface area (Å²) in [5.74, 6) is 0.0464. The molecule has 0 aromatic carbocycles. The summed E-state index contributed by atoms with van der Waals surface area (Å²) in [7, 11) is 0. The molecule has 7 heteroatoms. The first-order chi connectivity index (χ1) is 7.49. The zero-order valence-electron chi connectivity index (χ0n) is 8.04. The average Bonchev–Trinajstić information content (AvgIpc) is 2.55. The zero-order chi connectivity index (χ0) is 11.9. The molecule has 2 aromatic heterocycles. The van der Waals surface area contributed by atoms with Gasteiger partial charge in [-0.1, -0.05) is 11.6 Å². The lowest BCUT2D eigenvalue weighted by atomic mass is 10.3. The molecule has 0 aliphatic heterocycles. The summed E-state index contributed by atoms with van der Waals surface area (Å²) in [6, 6.07) is 1.74. The molecule has 0 saturated carbocycles. The Hall–Kier alpha value is -0.850. The van der Waals surface area contributed by atoms with E-state index in [4.69, 9.17) is 11.6 Å². The minimum atomic E-state index is -0.358. The SMILES string of the molecule is Cc1c(O)nc(-c2cc(Br)c(Cl)s2)[nH]c1=O. The van der Waals surface area contributed by atoms with Crippen LogP contribution in [0.15, 0.2) is 15.3 Å². The average molecular weight is 322 g/mol. The minimum Gasteiger partial charge on any atom is -0.493 e. The Morgan fingerprint density at radius 2 is 2.31 bits per heavy atom. The van der Waals surface area contributed by atoms with Gasteiger partial charge in [0.25, 0.3) is 5.56 Å². The van der Waals surface area contributed by atoms with E-state index in [0.717, 1.165) is 4.47 Å². The minimum absolute atomic E-state index is 0.200. The van der Waals surface area contributed by atoms with Crippen LogP contribution < -0.4 is 5.56 Å². The molecule has 2 rings (SSSR count). The van der Waals surface area contributed by atoms with Crippen molar-refractivity contribution in [2.24, 2.45) is 0 Å². The van der Waals surface area contributed by atoms with Gasteiger partial charge in [-0.05, 0) is 28.9 Å². The lowest BCUT2D eigenvalue weighted by Crippen LogP contribution is -2.11. The monoisotopic (exact) mass is 320 g/mol. The summed E-state index contributed by atoms with van der Waals surface area (Å²) in [4.78, 5) is 18.6. The Balaban J connectivity index is 2.61. The van der Waals surface area contributed by atoms with E-state index in [-0.39, 0.29) is 17.0 Å². The fourth-order valence-electron chi connectivity index (χ4n) is 1.10. The molecule has 0 spiro atoms. The standard InChI is InChI=1S/C9H6BrClN2O2S/c1-3-8(14)12-7(13-9(3)15)5-2-4(10)6(11)16-5/h2H,1H3,(H2,12,13,14,15). The molecule has 2 aromatic rings. The molecule has 2 N–H and O–H groups in total. The lowest BCUT2D eigenvalue weighted by Gasteiger charge is -1.99. The van der Waals surface area contributed by atoms with Crippen molar-refractivity contribution in [3.8, 4) is 16.6 Å². The number of halogens is 2. The molecule has 84 valence electrons. The highest BCUT2D eigenvalue weighted by Crippen LogP contribution is 2.36. The van der Waals surface area contributed by atoms with Crippen molar-refractivity contribution in [3.05, 3.63) is 30.8 Å². The normalized spacial score (nSPS) is 10.7. The topological polar surface area (TPSA) is 66.0 Å². The van der Waals surface area contributed by atoms with Gasteiger partial charge in [0.2, 0.25) is 5.88 Å². The fraction of sp³-hybridized carbons (Fsp3) is 0.111. The number of aromatic hydroxyl groups is 1. The maximum Gasteiger partial charge on any atom is 0.257 e. The fourth-order valence-corrected chi connectivity index (χ4v) is 2.75. The van der Waals surface area contributed by atoms with Gasteiger partial charge in [-0.3, -0.25) is 4.79 Å². The van der Waals surface area contributed by atoms with E-state index in [2.05, 4.69) is 25.9 Å². The smallest absolute Gasteiger partial charge is 0.257 e. The van der Waals surface area contributed by atoms with Crippen molar-refractivity contribution in [1.29, 1.82) is 0 Å². The Bertz CT molecular complexity index is 589. The van der Waals surface area contributed by atoms with Crippen LogP contribution >= 0.6 is 38.9 Å². The van der Waals surface area contributed by atoms with Crippen LogP contribution in [0.3, 0.4) is 0 Å². The molecule has 16 heavy (non-hydrogen) atoms. The van der Waals surface area contributed by atoms with Gasteiger partial charge >= 0.3 is 0 Å². The number of aromatic amines is 1. The maximum absolute atomic E-state index is 11.4. The number of rotatable bonds is 1. The Kier molecular flexibility index (Phi) is 3.05. The predicted molar refractivity (Wildman–Crippen MR) is 67.3 cm³/mol. The van der Waals surface area contributed by atoms with E-state index in [9.17, 15) is 9.90 Å². The molecular weight excluding hydrogens is 316 g/mol. The first-order valence-corrected chi connectivity index (χ1v) is 6.23. The van der Waals surface area contributed by atoms with Crippen molar-refractivity contribution in [3.63, 3.8) is 0 Å². The molecular formula is C9H6BrClN2O2S. The van der Waals surface area contributed by atoms with Crippen molar-refractivity contribution in [1.82, 2.24) is 9.97 Å². The maximum atomic E-state index is 11.4. The van der Waals surface area contributed by atoms with Crippen LogP contribution in [0.4, 0.5) is 0 Å². The van der Waals surface area contributed by atoms with Crippen LogP contribution in [-0.2, 0) is 0 Å². The highest BCUT2D eigenvalue weighted by molar-refractivity contribution is 9.10. The van der Waals surface area contributed by atoms with Crippen molar-refractivity contribution >= 4 is 38.9 Å². The first-order valence-electron chi connectivity index (χ1n) is 4.24. The third-order valence-corrected chi connectivity index (χ3v) is 4.49. The number of hydrogen-bond donors (Lipinski definition) is 2. The second-order valence-electron chi connectivity index (χ2n) is 3.10. The van der Waals surface area contributed by atoms with Crippen LogP contribution in [0.2, 0.25) is 4.34 Å². The van der Waals surface area contributed by atoms with Gasteiger partial charge in [-0.15, -0.1) is 11.3 Å². The summed E-state index contributed by atoms with van der Waals surface area (Å²) in [5.41, 5.74) is -0.159. The molecule has 0 fully saturated rings. The van der Waals surface area contributed by atoms with Crippen LogP contribution in [0.5, 0.6) is 5.88 Å². The quantitative estimate of drug-likeness (QED) is 0.848. The van der Waals surface area contributed by atoms with Gasteiger partial charge in [0.05, 0.1) is 10.4 Å². The number of thiophene rings is 1. The van der Waals surface area contributed by atoms with E-state index in [0.29, 0.717) is 15.0 Å². The molecule has 2 heterocycles. The summed E-state index contributed by atoms with van der Waals surface area (Å²) in [6.07, 6.45) is 0. The third-order valence-electron chi connectivity index (χ3n) is 2.00. The van der Waals surface area contributed by atoms with E-state index in [1.54, 1.807) is 6.07 Å². The number of hydrogen-bond acceptors (Lipinski definition) is 4. The van der Waals surface area contributed by atoms with E-state index >= 15 is 0 Å². The second kappa shape index (κ2) is 4.20. The molecule has 0 bridgehead atoms. The highest BCUT2D eigenvalue weighted by Gasteiger charge is 2.12. The second-order valence-corrected chi connectivity index (χ2v) is 5.60. The summed E-state index contributed by atoms with van der Waals surface area (Å²) >= 11 is 10.4. The van der Waals surface area contributed by atoms with Gasteiger partial charge in [0.15, 0.2) is 5.82 Å². The van der Waals surface area contributed by atoms with Crippen molar-refractivity contribution in [2.75, 3.05) is 0 Å². The number of H-pyrrole nitrogens is 1. The number of aromatic nitrogens is 2. The molecule has 0 amide bonds. The molecule has 0 aliphatic carbocycles. The first kappa shape index (κ1) is 11.6. The molecule has 4 nitrogen and oxygen atoms in total. The van der Waals surface area contributed by atoms with Crippen molar-refractivity contribution < 1.29 is 5.11 Å². The van der Waals surface area contributed by atoms with Gasteiger partial charge in [0, 0.05) is 4.47 Å². The molecule has 0 atom stereocenters. The van der Waals surface area contributed by atoms with Gasteiger partial charge in [0.1, 0.15) is 4.34 Å². The Morgan fingerprint density at radius 3 is 2.81 bits per heavy atom. The summed E-state index contributed by atoms with van der Waals surface area (Å²) < 4.78 is 1.30. The molecule has 0 saturated heterocycles. The Morgan fingerprint density at radius 1 is 1.62 bits per heavy atom. The van der Waals surface area contributed by atoms with Crippen molar-refractivity contribution in [2.45, 2.75) is 6.92 Å². The van der Waals surface area contributed by atoms with Crippen LogP contribution in [0.25, 0.3) is 10.7 Å². The van der Waals surface area contributed by atoms with E-state index in [1.165, 1.54) is 18.3 Å². The summed E-state index contributed by atoms with van der Waals surface area (Å²) in [5, 5.41) is 9.45. The van der Waals surface area contributed by atoms with Gasteiger partial charge in [-0.25, -0.2) is 0 Å². The van der Waals surface area contributed by atoms with E-state index < -0.39 is 0 Å². The predicted octanol–water partition coefficient (Wildman–Crippen LogP) is 2.93. The van der Waals surface area contributed by atoms with Crippen LogP contribution in [-0.4, -0.2) is 15.1 Å². The van der Waals surface area contributed by atoms with Crippen LogP contribution in [0.1, 0.15) is 5.56 Å². The molecule has 0 unspecified atom stereocenters. The molecule has 0 radical (unpaired) electrons. The van der Waals surface area contributed by atoms with E-state index in [1.807, 2.05) is 0 Å². The van der Waals surface area contributed by atoms with Gasteiger partial charge in [-0.2, -0.15) is 4.98 Å². The Labute approximate surface area is 108 Å². The number of nitrogens with one attached hydrogen (secondary N) is 1. The summed E-state index contributed by atoms with van der Waals surface area (Å²) in [6.45, 7) is 1.50. The van der Waals surface area contributed by atoms with Crippen LogP contribution in [0, 0.1) is 6.92 Å². The third kappa shape index (κ3) is 2.00.